The van der Waals surface area contributed by atoms with Gasteiger partial charge in [-0.05, 0) is 19.4 Å². The topological polar surface area (TPSA) is 78.4 Å². The fourth-order valence-corrected chi connectivity index (χ4v) is 1.97. The van der Waals surface area contributed by atoms with Gasteiger partial charge in [-0.2, -0.15) is 0 Å². The van der Waals surface area contributed by atoms with Crippen LogP contribution in [0.4, 0.5) is 9.18 Å². The molecule has 0 saturated carbocycles. The van der Waals surface area contributed by atoms with Crippen molar-refractivity contribution in [1.82, 2.24) is 10.6 Å². The van der Waals surface area contributed by atoms with Crippen LogP contribution in [0.25, 0.3) is 0 Å². The smallest absolute Gasteiger partial charge is 0.326 e. The first-order valence-electron chi connectivity index (χ1n) is 7.00. The minimum absolute atomic E-state index is 0.355. The lowest BCUT2D eigenvalue weighted by atomic mass is 10.1. The Hall–Kier alpha value is -2.11. The molecule has 1 rings (SSSR count). The SMILES string of the molecule is CCCC[C@H](NC(=O)NC(C)c1ccccc1F)C(=O)O. The number of amides is 2. The highest BCUT2D eigenvalue weighted by molar-refractivity contribution is 5.82. The first-order valence-corrected chi connectivity index (χ1v) is 7.00. The molecular weight excluding hydrogens is 275 g/mol. The normalized spacial score (nSPS) is 13.3. The van der Waals surface area contributed by atoms with Crippen molar-refractivity contribution in [3.05, 3.63) is 35.6 Å². The van der Waals surface area contributed by atoms with Crippen LogP contribution in [0, 0.1) is 5.82 Å². The minimum atomic E-state index is -1.07. The molecule has 1 aromatic carbocycles. The Kier molecular flexibility index (Phi) is 6.65. The first kappa shape index (κ1) is 16.9. The number of unbranched alkanes of at least 4 members (excludes halogenated alkanes) is 1. The minimum Gasteiger partial charge on any atom is -0.480 e. The summed E-state index contributed by atoms with van der Waals surface area (Å²) >= 11 is 0. The maximum Gasteiger partial charge on any atom is 0.326 e. The van der Waals surface area contributed by atoms with E-state index in [1.54, 1.807) is 25.1 Å². The van der Waals surface area contributed by atoms with Crippen molar-refractivity contribution in [2.75, 3.05) is 0 Å². The van der Waals surface area contributed by atoms with E-state index in [-0.39, 0.29) is 0 Å². The molecule has 0 bridgehead atoms. The van der Waals surface area contributed by atoms with Gasteiger partial charge in [-0.3, -0.25) is 0 Å². The summed E-state index contributed by atoms with van der Waals surface area (Å²) in [5.41, 5.74) is 0.355. The third-order valence-electron chi connectivity index (χ3n) is 3.17. The molecule has 0 heterocycles. The predicted octanol–water partition coefficient (Wildman–Crippen LogP) is 2.83. The maximum atomic E-state index is 13.6. The van der Waals surface area contributed by atoms with Gasteiger partial charge in [0.2, 0.25) is 0 Å². The van der Waals surface area contributed by atoms with Crippen LogP contribution in [0.15, 0.2) is 24.3 Å². The van der Waals surface area contributed by atoms with Crippen LogP contribution in [-0.4, -0.2) is 23.1 Å². The number of carboxylic acids is 1. The summed E-state index contributed by atoms with van der Waals surface area (Å²) in [6.07, 6.45) is 1.92. The molecule has 0 aliphatic carbocycles. The Morgan fingerprint density at radius 2 is 1.95 bits per heavy atom. The van der Waals surface area contributed by atoms with Gasteiger partial charge in [-0.15, -0.1) is 0 Å². The van der Waals surface area contributed by atoms with Crippen LogP contribution in [0.1, 0.15) is 44.7 Å². The van der Waals surface area contributed by atoms with E-state index in [2.05, 4.69) is 10.6 Å². The van der Waals surface area contributed by atoms with E-state index in [4.69, 9.17) is 5.11 Å². The van der Waals surface area contributed by atoms with Crippen molar-refractivity contribution in [2.45, 2.75) is 45.2 Å². The van der Waals surface area contributed by atoms with Gasteiger partial charge in [0.05, 0.1) is 6.04 Å². The van der Waals surface area contributed by atoms with E-state index in [0.29, 0.717) is 18.4 Å². The van der Waals surface area contributed by atoms with Gasteiger partial charge < -0.3 is 15.7 Å². The summed E-state index contributed by atoms with van der Waals surface area (Å²) in [5, 5.41) is 14.0. The van der Waals surface area contributed by atoms with E-state index in [1.807, 2.05) is 6.92 Å². The number of hydrogen-bond donors (Lipinski definition) is 3. The number of hydrogen-bond acceptors (Lipinski definition) is 2. The number of carboxylic acid groups (broad SMARTS) is 1. The Morgan fingerprint density at radius 3 is 2.52 bits per heavy atom. The van der Waals surface area contributed by atoms with Gasteiger partial charge in [0.15, 0.2) is 0 Å². The standard InChI is InChI=1S/C15H21FN2O3/c1-3-4-9-13(14(19)20)18-15(21)17-10(2)11-7-5-6-8-12(11)16/h5-8,10,13H,3-4,9H2,1-2H3,(H,19,20)(H2,17,18,21)/t10?,13-/m0/s1. The van der Waals surface area contributed by atoms with Crippen LogP contribution < -0.4 is 10.6 Å². The molecule has 1 aromatic rings. The Morgan fingerprint density at radius 1 is 1.29 bits per heavy atom. The number of carbonyl (C=O) groups is 2. The van der Waals surface area contributed by atoms with E-state index < -0.39 is 29.9 Å². The monoisotopic (exact) mass is 296 g/mol. The van der Waals surface area contributed by atoms with Gasteiger partial charge in [0, 0.05) is 5.56 Å². The molecule has 0 aromatic heterocycles. The number of aliphatic carboxylic acids is 1. The average Bonchev–Trinajstić information content (AvgIpc) is 2.43. The summed E-state index contributed by atoms with van der Waals surface area (Å²) in [7, 11) is 0. The van der Waals surface area contributed by atoms with E-state index in [0.717, 1.165) is 6.42 Å². The van der Waals surface area contributed by atoms with E-state index >= 15 is 0 Å². The average molecular weight is 296 g/mol. The summed E-state index contributed by atoms with van der Waals surface area (Å²) in [4.78, 5) is 22.9. The third kappa shape index (κ3) is 5.41. The van der Waals surface area contributed by atoms with Gasteiger partial charge in [-0.25, -0.2) is 14.0 Å². The van der Waals surface area contributed by atoms with E-state index in [1.165, 1.54) is 6.07 Å². The number of carbonyl (C=O) groups excluding carboxylic acids is 1. The molecule has 5 nitrogen and oxygen atoms in total. The molecule has 0 saturated heterocycles. The summed E-state index contributed by atoms with van der Waals surface area (Å²) in [5.74, 6) is -1.48. The number of rotatable bonds is 7. The van der Waals surface area contributed by atoms with Crippen LogP contribution in [-0.2, 0) is 4.79 Å². The third-order valence-corrected chi connectivity index (χ3v) is 3.17. The highest BCUT2D eigenvalue weighted by Gasteiger charge is 2.20. The lowest BCUT2D eigenvalue weighted by Crippen LogP contribution is -2.46. The van der Waals surface area contributed by atoms with Crippen LogP contribution in [0.3, 0.4) is 0 Å². The Labute approximate surface area is 123 Å². The zero-order valence-electron chi connectivity index (χ0n) is 12.2. The molecule has 0 fully saturated rings. The molecule has 116 valence electrons. The van der Waals surface area contributed by atoms with Crippen molar-refractivity contribution in [1.29, 1.82) is 0 Å². The van der Waals surface area contributed by atoms with Crippen LogP contribution >= 0.6 is 0 Å². The van der Waals surface area contributed by atoms with Crippen molar-refractivity contribution >= 4 is 12.0 Å². The van der Waals surface area contributed by atoms with Gasteiger partial charge >= 0.3 is 12.0 Å². The van der Waals surface area contributed by atoms with Crippen LogP contribution in [0.5, 0.6) is 0 Å². The second kappa shape index (κ2) is 8.24. The van der Waals surface area contributed by atoms with Crippen molar-refractivity contribution in [3.63, 3.8) is 0 Å². The zero-order chi connectivity index (χ0) is 15.8. The van der Waals surface area contributed by atoms with Gasteiger partial charge in [0.1, 0.15) is 11.9 Å². The predicted molar refractivity (Wildman–Crippen MR) is 77.4 cm³/mol. The van der Waals surface area contributed by atoms with E-state index in [9.17, 15) is 14.0 Å². The summed E-state index contributed by atoms with van der Waals surface area (Å²) in [6, 6.07) is 4.03. The fraction of sp³-hybridized carbons (Fsp3) is 0.467. The lowest BCUT2D eigenvalue weighted by Gasteiger charge is -2.19. The van der Waals surface area contributed by atoms with Crippen LogP contribution in [0.2, 0.25) is 0 Å². The molecule has 6 heteroatoms. The summed E-state index contributed by atoms with van der Waals surface area (Å²) < 4.78 is 13.6. The number of nitrogens with one attached hydrogen (secondary N) is 2. The first-order chi connectivity index (χ1) is 9.95. The molecule has 3 N–H and O–H groups in total. The highest BCUT2D eigenvalue weighted by Crippen LogP contribution is 2.15. The number of halogens is 1. The van der Waals surface area contributed by atoms with Gasteiger partial charge in [-0.1, -0.05) is 38.0 Å². The molecule has 21 heavy (non-hydrogen) atoms. The number of urea groups is 1. The quantitative estimate of drug-likeness (QED) is 0.724. The molecule has 2 amide bonds. The van der Waals surface area contributed by atoms with Crippen molar-refractivity contribution in [2.24, 2.45) is 0 Å². The highest BCUT2D eigenvalue weighted by atomic mass is 19.1. The second-order valence-electron chi connectivity index (χ2n) is 4.89. The number of benzene rings is 1. The largest absolute Gasteiger partial charge is 0.480 e. The lowest BCUT2D eigenvalue weighted by molar-refractivity contribution is -0.139. The summed E-state index contributed by atoms with van der Waals surface area (Å²) in [6.45, 7) is 3.58. The zero-order valence-corrected chi connectivity index (χ0v) is 12.2. The second-order valence-corrected chi connectivity index (χ2v) is 4.89. The Balaban J connectivity index is 2.59. The van der Waals surface area contributed by atoms with Crippen molar-refractivity contribution < 1.29 is 19.1 Å². The van der Waals surface area contributed by atoms with Crippen molar-refractivity contribution in [3.8, 4) is 0 Å². The molecule has 1 unspecified atom stereocenters. The fourth-order valence-electron chi connectivity index (χ4n) is 1.97. The molecule has 0 aliphatic heterocycles. The molecule has 0 radical (unpaired) electrons. The molecule has 0 aliphatic rings. The molecule has 2 atom stereocenters. The molecular formula is C15H21FN2O3. The Bertz CT molecular complexity index is 494. The van der Waals surface area contributed by atoms with Gasteiger partial charge in [0.25, 0.3) is 0 Å². The molecule has 0 spiro atoms. The maximum absolute atomic E-state index is 13.6.